The maximum absolute atomic E-state index is 12.5. The Morgan fingerprint density at radius 3 is 2.94 bits per heavy atom. The number of nitrogens with zero attached hydrogens (tertiary/aromatic N) is 1. The molecule has 0 bridgehead atoms. The van der Waals surface area contributed by atoms with Crippen molar-refractivity contribution < 1.29 is 8.78 Å². The van der Waals surface area contributed by atoms with Crippen LogP contribution in [0.5, 0.6) is 0 Å². The highest BCUT2D eigenvalue weighted by molar-refractivity contribution is 7.07. The van der Waals surface area contributed by atoms with Gasteiger partial charge in [0.25, 0.3) is 6.43 Å². The molecule has 1 heterocycles. The molecule has 0 spiro atoms. The number of alkyl halides is 2. The van der Waals surface area contributed by atoms with Gasteiger partial charge in [-0.2, -0.15) is 0 Å². The number of rotatable bonds is 6. The van der Waals surface area contributed by atoms with Crippen LogP contribution in [-0.4, -0.2) is 11.5 Å². The molecule has 0 saturated carbocycles. The first-order valence-corrected chi connectivity index (χ1v) is 6.65. The molecule has 2 nitrogen and oxygen atoms in total. The van der Waals surface area contributed by atoms with E-state index < -0.39 is 6.43 Å². The molecular weight excluding hydrogens is 254 g/mol. The molecule has 0 aliphatic carbocycles. The van der Waals surface area contributed by atoms with E-state index in [9.17, 15) is 8.78 Å². The molecule has 1 aromatic heterocycles. The third-order valence-electron chi connectivity index (χ3n) is 2.57. The Kier molecular flexibility index (Phi) is 4.78. The van der Waals surface area contributed by atoms with Gasteiger partial charge in [-0.1, -0.05) is 18.2 Å². The van der Waals surface area contributed by atoms with Gasteiger partial charge in [0.05, 0.1) is 11.2 Å². The second-order valence-electron chi connectivity index (χ2n) is 3.95. The molecule has 0 amide bonds. The van der Waals surface area contributed by atoms with E-state index in [1.165, 1.54) is 6.07 Å². The summed E-state index contributed by atoms with van der Waals surface area (Å²) in [6.45, 7) is 1.40. The van der Waals surface area contributed by atoms with Crippen molar-refractivity contribution in [2.75, 3.05) is 6.54 Å². The predicted octanol–water partition coefficient (Wildman–Crippen LogP) is 3.41. The monoisotopic (exact) mass is 268 g/mol. The average molecular weight is 268 g/mol. The summed E-state index contributed by atoms with van der Waals surface area (Å²) in [6.07, 6.45) is -1.54. The summed E-state index contributed by atoms with van der Waals surface area (Å²) in [6, 6.07) is 6.50. The van der Waals surface area contributed by atoms with Gasteiger partial charge in [-0.3, -0.25) is 0 Å². The van der Waals surface area contributed by atoms with E-state index >= 15 is 0 Å². The standard InChI is InChI=1S/C13H14F2N2S/c14-13(15)11-3-1-2-10(6-11)7-16-5-4-12-8-18-9-17-12/h1-3,6,8-9,13,16H,4-5,7H2. The zero-order chi connectivity index (χ0) is 12.8. The van der Waals surface area contributed by atoms with Gasteiger partial charge in [0.15, 0.2) is 0 Å². The van der Waals surface area contributed by atoms with Crippen molar-refractivity contribution in [2.24, 2.45) is 0 Å². The highest BCUT2D eigenvalue weighted by Gasteiger charge is 2.06. The first kappa shape index (κ1) is 13.1. The van der Waals surface area contributed by atoms with Crippen LogP contribution in [-0.2, 0) is 13.0 Å². The summed E-state index contributed by atoms with van der Waals surface area (Å²) in [5.74, 6) is 0. The lowest BCUT2D eigenvalue weighted by atomic mass is 10.1. The number of halogens is 2. The number of hydrogen-bond donors (Lipinski definition) is 1. The molecule has 0 aliphatic heterocycles. The van der Waals surface area contributed by atoms with Gasteiger partial charge in [0, 0.05) is 30.5 Å². The van der Waals surface area contributed by atoms with Gasteiger partial charge < -0.3 is 5.32 Å². The van der Waals surface area contributed by atoms with Gasteiger partial charge >= 0.3 is 0 Å². The molecule has 2 aromatic rings. The number of thiazole rings is 1. The van der Waals surface area contributed by atoms with Crippen molar-refractivity contribution >= 4 is 11.3 Å². The molecule has 96 valence electrons. The molecule has 0 unspecified atom stereocenters. The smallest absolute Gasteiger partial charge is 0.263 e. The first-order valence-electron chi connectivity index (χ1n) is 5.70. The topological polar surface area (TPSA) is 24.9 Å². The summed E-state index contributed by atoms with van der Waals surface area (Å²) in [5, 5.41) is 5.24. The minimum Gasteiger partial charge on any atom is -0.312 e. The molecule has 2 rings (SSSR count). The van der Waals surface area contributed by atoms with Crippen LogP contribution in [0.1, 0.15) is 23.2 Å². The Hall–Kier alpha value is -1.33. The van der Waals surface area contributed by atoms with Crippen LogP contribution in [0.25, 0.3) is 0 Å². The highest BCUT2D eigenvalue weighted by atomic mass is 32.1. The summed E-state index contributed by atoms with van der Waals surface area (Å²) < 4.78 is 25.0. The Balaban J connectivity index is 1.78. The zero-order valence-corrected chi connectivity index (χ0v) is 10.6. The van der Waals surface area contributed by atoms with Crippen LogP contribution in [0, 0.1) is 0 Å². The maximum atomic E-state index is 12.5. The maximum Gasteiger partial charge on any atom is 0.263 e. The third-order valence-corrected chi connectivity index (χ3v) is 3.21. The normalized spacial score (nSPS) is 11.1. The van der Waals surface area contributed by atoms with E-state index in [-0.39, 0.29) is 5.56 Å². The Bertz CT molecular complexity index is 472. The number of hydrogen-bond acceptors (Lipinski definition) is 3. The van der Waals surface area contributed by atoms with Crippen molar-refractivity contribution in [3.8, 4) is 0 Å². The molecule has 0 radical (unpaired) electrons. The fourth-order valence-corrected chi connectivity index (χ4v) is 2.24. The second-order valence-corrected chi connectivity index (χ2v) is 4.67. The first-order chi connectivity index (χ1) is 8.75. The van der Waals surface area contributed by atoms with Crippen molar-refractivity contribution in [1.29, 1.82) is 0 Å². The van der Waals surface area contributed by atoms with Gasteiger partial charge in [-0.25, -0.2) is 13.8 Å². The van der Waals surface area contributed by atoms with E-state index in [0.29, 0.717) is 6.54 Å². The summed E-state index contributed by atoms with van der Waals surface area (Å²) >= 11 is 1.58. The minimum absolute atomic E-state index is 0.0776. The van der Waals surface area contributed by atoms with E-state index in [1.807, 2.05) is 11.4 Å². The third kappa shape index (κ3) is 3.85. The van der Waals surface area contributed by atoms with Gasteiger partial charge in [-0.05, 0) is 11.6 Å². The molecule has 0 saturated heterocycles. The van der Waals surface area contributed by atoms with E-state index in [1.54, 1.807) is 29.0 Å². The van der Waals surface area contributed by atoms with E-state index in [4.69, 9.17) is 0 Å². The highest BCUT2D eigenvalue weighted by Crippen LogP contribution is 2.19. The molecule has 18 heavy (non-hydrogen) atoms. The van der Waals surface area contributed by atoms with Crippen molar-refractivity contribution in [3.63, 3.8) is 0 Å². The van der Waals surface area contributed by atoms with Crippen LogP contribution in [0.3, 0.4) is 0 Å². The second kappa shape index (κ2) is 6.56. The number of benzene rings is 1. The average Bonchev–Trinajstić information content (AvgIpc) is 2.88. The fraction of sp³-hybridized carbons (Fsp3) is 0.308. The van der Waals surface area contributed by atoms with Crippen LogP contribution >= 0.6 is 11.3 Å². The van der Waals surface area contributed by atoms with Crippen LogP contribution in [0.4, 0.5) is 8.78 Å². The predicted molar refractivity (Wildman–Crippen MR) is 68.9 cm³/mol. The quantitative estimate of drug-likeness (QED) is 0.812. The summed E-state index contributed by atoms with van der Waals surface area (Å²) in [7, 11) is 0. The lowest BCUT2D eigenvalue weighted by molar-refractivity contribution is 0.151. The zero-order valence-electron chi connectivity index (χ0n) is 9.77. The molecule has 0 atom stereocenters. The molecule has 5 heteroatoms. The Morgan fingerprint density at radius 1 is 1.33 bits per heavy atom. The van der Waals surface area contributed by atoms with Crippen molar-refractivity contribution in [2.45, 2.75) is 19.4 Å². The molecular formula is C13H14F2N2S. The number of nitrogens with one attached hydrogen (secondary N) is 1. The van der Waals surface area contributed by atoms with Crippen LogP contribution in [0.15, 0.2) is 35.2 Å². The fourth-order valence-electron chi connectivity index (χ4n) is 1.65. The Labute approximate surface area is 109 Å². The largest absolute Gasteiger partial charge is 0.312 e. The van der Waals surface area contributed by atoms with Crippen molar-refractivity contribution in [1.82, 2.24) is 10.3 Å². The van der Waals surface area contributed by atoms with Crippen molar-refractivity contribution in [3.05, 3.63) is 52.0 Å². The van der Waals surface area contributed by atoms with Gasteiger partial charge in [0.2, 0.25) is 0 Å². The molecule has 0 aliphatic rings. The minimum atomic E-state index is -2.40. The Morgan fingerprint density at radius 2 is 2.22 bits per heavy atom. The lowest BCUT2D eigenvalue weighted by Crippen LogP contribution is -2.16. The molecule has 1 aromatic carbocycles. The number of aromatic nitrogens is 1. The SMILES string of the molecule is FC(F)c1cccc(CNCCc2cscn2)c1. The summed E-state index contributed by atoms with van der Waals surface area (Å²) in [4.78, 5) is 4.18. The van der Waals surface area contributed by atoms with Crippen LogP contribution in [0.2, 0.25) is 0 Å². The van der Waals surface area contributed by atoms with E-state index in [2.05, 4.69) is 10.3 Å². The summed E-state index contributed by atoms with van der Waals surface area (Å²) in [5.41, 5.74) is 3.83. The van der Waals surface area contributed by atoms with Crippen LogP contribution < -0.4 is 5.32 Å². The van der Waals surface area contributed by atoms with Gasteiger partial charge in [0.1, 0.15) is 0 Å². The van der Waals surface area contributed by atoms with E-state index in [0.717, 1.165) is 24.2 Å². The van der Waals surface area contributed by atoms with Gasteiger partial charge in [-0.15, -0.1) is 11.3 Å². The molecule has 1 N–H and O–H groups in total. The molecule has 0 fully saturated rings. The lowest BCUT2D eigenvalue weighted by Gasteiger charge is -2.06.